The van der Waals surface area contributed by atoms with Gasteiger partial charge in [0.05, 0.1) is 6.42 Å². The molecule has 0 spiro atoms. The summed E-state index contributed by atoms with van der Waals surface area (Å²) in [7, 11) is -5.83. The molecule has 0 bridgehead atoms. The summed E-state index contributed by atoms with van der Waals surface area (Å²) < 4.78 is 422. The van der Waals surface area contributed by atoms with Gasteiger partial charge in [-0.25, -0.2) is 8.42 Å². The van der Waals surface area contributed by atoms with E-state index >= 15 is 0 Å². The monoisotopic (exact) mass is 956 g/mol. The van der Waals surface area contributed by atoms with Gasteiger partial charge in [-0.15, -0.1) is 0 Å². The van der Waals surface area contributed by atoms with Crippen LogP contribution in [0.4, 0.5) is 127 Å². The molecule has 0 fully saturated rings. The van der Waals surface area contributed by atoms with Crippen LogP contribution >= 0.6 is 0 Å². The maximum absolute atomic E-state index is 14.6. The first-order valence-electron chi connectivity index (χ1n) is 13.6. The minimum Gasteiger partial charge on any atom is -0.481 e. The predicted molar refractivity (Wildman–Crippen MR) is 126 cm³/mol. The van der Waals surface area contributed by atoms with Gasteiger partial charge in [-0.05, 0) is 27.1 Å². The number of aliphatic carboxylic acids is 1. The molecular weight excluding hydrogens is 939 g/mol. The Kier molecular flexibility index (Phi) is 14.3. The highest BCUT2D eigenvalue weighted by molar-refractivity contribution is 7.90. The van der Waals surface area contributed by atoms with Crippen molar-refractivity contribution in [2.45, 2.75) is 95.3 Å². The molecule has 348 valence electrons. The molecule has 1 N–H and O–H groups in total. The van der Waals surface area contributed by atoms with E-state index in [0.29, 0.717) is 0 Å². The zero-order valence-electron chi connectivity index (χ0n) is 27.0. The number of hydrogen-bond acceptors (Lipinski definition) is 4. The molecule has 0 aliphatic heterocycles. The molecule has 36 heteroatoms. The summed E-state index contributed by atoms with van der Waals surface area (Å²) in [6.07, 6.45) is -11.1. The van der Waals surface area contributed by atoms with Gasteiger partial charge in [0.2, 0.25) is 0 Å². The Morgan fingerprint density at radius 2 is 0.655 bits per heavy atom. The molecule has 0 aromatic heterocycles. The van der Waals surface area contributed by atoms with Gasteiger partial charge in [-0.3, -0.25) is 4.79 Å². The Bertz CT molecular complexity index is 1590. The fraction of sp³-hybridized carbons (Fsp3) is 0.955. The molecule has 0 amide bonds. The Morgan fingerprint density at radius 1 is 0.414 bits per heavy atom. The molecule has 0 radical (unpaired) electrons. The number of rotatable bonds is 21. The molecule has 0 aromatic carbocycles. The van der Waals surface area contributed by atoms with Crippen LogP contribution in [0.15, 0.2) is 0 Å². The normalized spacial score (nSPS) is 16.4. The number of carbonyl (C=O) groups is 1. The van der Waals surface area contributed by atoms with E-state index in [-0.39, 0.29) is 0 Å². The van der Waals surface area contributed by atoms with Crippen LogP contribution in [0, 0.1) is 0 Å². The molecule has 0 unspecified atom stereocenters. The third-order valence-corrected chi connectivity index (χ3v) is 9.26. The summed E-state index contributed by atoms with van der Waals surface area (Å²) in [5, 5.41) is 0.360. The Labute approximate surface area is 300 Å². The van der Waals surface area contributed by atoms with Crippen LogP contribution in [-0.4, -0.2) is 145 Å². The molecule has 0 saturated carbocycles. The van der Waals surface area contributed by atoms with Crippen molar-refractivity contribution < 1.29 is 146 Å². The largest absolute Gasteiger partial charge is 0.481 e. The SMILES string of the molecule is CN(C)CCCN(CCC(=O)O)S(=O)(=O)C(F)(F)C(F)(F)C(F)(F)C(F)(F)C(F)(F)C(F)(F)C(F)(F)C(F)(F)C(F)(F)C(F)(F)C(F)(F)C(F)(F)C(F)(F)C(F)(F)F. The highest BCUT2D eigenvalue weighted by atomic mass is 32.2. The van der Waals surface area contributed by atoms with Crippen molar-refractivity contribution in [3.63, 3.8) is 0 Å². The average molecular weight is 956 g/mol. The molecule has 0 aliphatic rings. The number of hydrogen-bond donors (Lipinski definition) is 1. The van der Waals surface area contributed by atoms with Crippen molar-refractivity contribution in [2.75, 3.05) is 33.7 Å². The Balaban J connectivity index is 7.69. The summed E-state index contributed by atoms with van der Waals surface area (Å²) in [4.78, 5) is 11.7. The van der Waals surface area contributed by atoms with E-state index in [1.807, 2.05) is 0 Å². The van der Waals surface area contributed by atoms with Gasteiger partial charge in [0, 0.05) is 13.1 Å². The number of sulfonamides is 1. The quantitative estimate of drug-likeness (QED) is 0.117. The van der Waals surface area contributed by atoms with Crippen molar-refractivity contribution >= 4 is 16.0 Å². The van der Waals surface area contributed by atoms with Crippen molar-refractivity contribution in [2.24, 2.45) is 0 Å². The van der Waals surface area contributed by atoms with E-state index in [9.17, 15) is 141 Å². The topological polar surface area (TPSA) is 77.9 Å². The third kappa shape index (κ3) is 7.41. The predicted octanol–water partition coefficient (Wildman–Crippen LogP) is 8.82. The van der Waals surface area contributed by atoms with E-state index in [2.05, 4.69) is 0 Å². The van der Waals surface area contributed by atoms with Crippen molar-refractivity contribution in [1.82, 2.24) is 9.21 Å². The van der Waals surface area contributed by atoms with Crippen LogP contribution in [0.3, 0.4) is 0 Å². The first-order chi connectivity index (χ1) is 24.7. The van der Waals surface area contributed by atoms with Crippen LogP contribution in [0.5, 0.6) is 0 Å². The van der Waals surface area contributed by atoms with Crippen LogP contribution in [-0.2, 0) is 14.8 Å². The number of carboxylic acid groups (broad SMARTS) is 1. The van der Waals surface area contributed by atoms with E-state index in [1.54, 1.807) is 0 Å². The molecule has 0 atom stereocenters. The molecule has 0 saturated heterocycles. The molecule has 0 aliphatic carbocycles. The van der Waals surface area contributed by atoms with Gasteiger partial charge >= 0.3 is 88.5 Å². The number of nitrogens with zero attached hydrogens (tertiary/aromatic N) is 2. The Morgan fingerprint density at radius 3 is 0.879 bits per heavy atom. The highest BCUT2D eigenvalue weighted by Gasteiger charge is 3.01. The van der Waals surface area contributed by atoms with Crippen LogP contribution < -0.4 is 0 Å². The van der Waals surface area contributed by atoms with Gasteiger partial charge in [0.1, 0.15) is 0 Å². The van der Waals surface area contributed by atoms with E-state index in [4.69, 9.17) is 5.11 Å². The second-order valence-electron chi connectivity index (χ2n) is 11.6. The molecular formula is C22H17F29N2O4S. The van der Waals surface area contributed by atoms with Gasteiger partial charge in [0.25, 0.3) is 10.0 Å². The first-order valence-corrected chi connectivity index (χ1v) is 15.0. The minimum absolute atomic E-state index is 0.555. The number of alkyl halides is 29. The van der Waals surface area contributed by atoms with E-state index in [0.717, 1.165) is 19.0 Å². The first kappa shape index (κ1) is 55.3. The molecule has 0 rings (SSSR count). The van der Waals surface area contributed by atoms with Crippen molar-refractivity contribution in [3.05, 3.63) is 0 Å². The second-order valence-corrected chi connectivity index (χ2v) is 13.6. The fourth-order valence-electron chi connectivity index (χ4n) is 3.79. The lowest BCUT2D eigenvalue weighted by atomic mass is 9.84. The Hall–Kier alpha value is -2.69. The lowest BCUT2D eigenvalue weighted by molar-refractivity contribution is -0.486. The summed E-state index contributed by atoms with van der Waals surface area (Å²) in [5.74, 6) is -119. The lowest BCUT2D eigenvalue weighted by Crippen LogP contribution is -2.79. The van der Waals surface area contributed by atoms with E-state index in [1.165, 1.54) is 0 Å². The van der Waals surface area contributed by atoms with Crippen LogP contribution in [0.25, 0.3) is 0 Å². The van der Waals surface area contributed by atoms with Gasteiger partial charge in [-0.1, -0.05) is 0 Å². The molecule has 0 aromatic rings. The number of carboxylic acids is 1. The third-order valence-electron chi connectivity index (χ3n) is 7.31. The molecule has 6 nitrogen and oxygen atoms in total. The highest BCUT2D eigenvalue weighted by Crippen LogP contribution is 2.69. The van der Waals surface area contributed by atoms with Gasteiger partial charge in [-0.2, -0.15) is 132 Å². The van der Waals surface area contributed by atoms with Gasteiger partial charge in [0.15, 0.2) is 0 Å². The van der Waals surface area contributed by atoms with E-state index < -0.39 is 135 Å². The summed E-state index contributed by atoms with van der Waals surface area (Å²) in [5.41, 5.74) is 0. The van der Waals surface area contributed by atoms with Crippen molar-refractivity contribution in [3.8, 4) is 0 Å². The summed E-state index contributed by atoms with van der Waals surface area (Å²) in [6, 6.07) is 0. The maximum atomic E-state index is 14.6. The molecule has 0 heterocycles. The number of halogens is 29. The maximum Gasteiger partial charge on any atom is 0.460 e. The average Bonchev–Trinajstić information content (AvgIpc) is 3.00. The summed E-state index contributed by atoms with van der Waals surface area (Å²) in [6.45, 7) is -4.36. The molecule has 58 heavy (non-hydrogen) atoms. The van der Waals surface area contributed by atoms with Crippen LogP contribution in [0.1, 0.15) is 12.8 Å². The lowest BCUT2D eigenvalue weighted by Gasteiger charge is -2.46. The van der Waals surface area contributed by atoms with Crippen molar-refractivity contribution in [1.29, 1.82) is 0 Å². The second kappa shape index (κ2) is 15.0. The van der Waals surface area contributed by atoms with Crippen LogP contribution in [0.2, 0.25) is 0 Å². The fourth-order valence-corrected chi connectivity index (χ4v) is 5.27. The zero-order valence-corrected chi connectivity index (χ0v) is 27.8. The summed E-state index contributed by atoms with van der Waals surface area (Å²) >= 11 is 0. The smallest absolute Gasteiger partial charge is 0.460 e. The standard InChI is InChI=1S/C22H17F29N2O4S/c1-52(2)5-3-6-53(7-4-8(54)55)58(56,57)22(50,51)20(45,46)18(41,42)16(37,38)14(33,34)12(29,30)10(25,26)9(23,24)11(27,28)13(31,32)15(35,36)17(39,40)19(43,44)21(47,48)49/h3-7H2,1-2H3,(H,54,55). The van der Waals surface area contributed by atoms with Gasteiger partial charge < -0.3 is 10.0 Å². The minimum atomic E-state index is -10.1. The zero-order chi connectivity index (χ0) is 47.8.